The van der Waals surface area contributed by atoms with Crippen molar-refractivity contribution in [2.24, 2.45) is 11.3 Å². The van der Waals surface area contributed by atoms with Gasteiger partial charge in [-0.2, -0.15) is 0 Å². The molecular formula is C16H23N2. The summed E-state index contributed by atoms with van der Waals surface area (Å²) < 4.78 is 0. The lowest BCUT2D eigenvalue weighted by Gasteiger charge is -2.41. The van der Waals surface area contributed by atoms with Gasteiger partial charge in [0, 0.05) is 18.2 Å². The van der Waals surface area contributed by atoms with Crippen LogP contribution in [0.4, 0.5) is 5.69 Å². The molecule has 0 saturated carbocycles. The summed E-state index contributed by atoms with van der Waals surface area (Å²) >= 11 is 0. The Morgan fingerprint density at radius 2 is 2.06 bits per heavy atom. The lowest BCUT2D eigenvalue weighted by Crippen LogP contribution is -2.39. The van der Waals surface area contributed by atoms with Gasteiger partial charge in [-0.3, -0.25) is 0 Å². The minimum absolute atomic E-state index is 0.377. The van der Waals surface area contributed by atoms with Crippen molar-refractivity contribution in [3.05, 3.63) is 29.8 Å². The monoisotopic (exact) mass is 243 g/mol. The number of anilines is 1. The number of fused-ring (bicyclic) bond motifs is 1. The first-order chi connectivity index (χ1) is 8.69. The minimum atomic E-state index is 0.377. The molecule has 1 aromatic carbocycles. The molecule has 0 amide bonds. The topological polar surface area (TPSA) is 24.1 Å². The van der Waals surface area contributed by atoms with Gasteiger partial charge in [0.05, 0.1) is 0 Å². The Balaban J connectivity index is 1.86. The number of benzene rings is 1. The molecule has 1 aromatic rings. The predicted molar refractivity (Wildman–Crippen MR) is 75.9 cm³/mol. The van der Waals surface area contributed by atoms with Crippen molar-refractivity contribution in [3.63, 3.8) is 0 Å². The molecule has 97 valence electrons. The van der Waals surface area contributed by atoms with E-state index in [-0.39, 0.29) is 0 Å². The zero-order valence-electron chi connectivity index (χ0n) is 11.4. The van der Waals surface area contributed by atoms with Gasteiger partial charge in [0.2, 0.25) is 0 Å². The Hall–Kier alpha value is -1.02. The standard InChI is InChI=1S/C16H23N2/c1-16(2,12-7-9-17-10-8-12)14-11-18-15-6-4-3-5-13(14)15/h3,5-6,12,14,17-18H,7-11H2,1-2H3. The smallest absolute Gasteiger partial charge is 0.0382 e. The third-order valence-corrected chi connectivity index (χ3v) is 5.06. The summed E-state index contributed by atoms with van der Waals surface area (Å²) in [6.45, 7) is 8.37. The van der Waals surface area contributed by atoms with Crippen molar-refractivity contribution in [3.8, 4) is 0 Å². The van der Waals surface area contributed by atoms with Crippen LogP contribution >= 0.6 is 0 Å². The van der Waals surface area contributed by atoms with Crippen molar-refractivity contribution < 1.29 is 0 Å². The van der Waals surface area contributed by atoms with E-state index in [1.807, 2.05) is 0 Å². The maximum Gasteiger partial charge on any atom is 0.0382 e. The molecule has 1 saturated heterocycles. The van der Waals surface area contributed by atoms with Crippen LogP contribution in [0, 0.1) is 17.4 Å². The second-order valence-corrected chi connectivity index (χ2v) is 6.29. The van der Waals surface area contributed by atoms with Gasteiger partial charge >= 0.3 is 0 Å². The summed E-state index contributed by atoms with van der Waals surface area (Å²) in [4.78, 5) is 0. The van der Waals surface area contributed by atoms with Gasteiger partial charge in [-0.1, -0.05) is 26.0 Å². The van der Waals surface area contributed by atoms with Crippen LogP contribution in [0.1, 0.15) is 38.2 Å². The predicted octanol–water partition coefficient (Wildman–Crippen LogP) is 3.02. The molecular weight excluding hydrogens is 220 g/mol. The van der Waals surface area contributed by atoms with Crippen molar-refractivity contribution in [1.29, 1.82) is 0 Å². The van der Waals surface area contributed by atoms with E-state index in [4.69, 9.17) is 0 Å². The molecule has 2 aliphatic rings. The van der Waals surface area contributed by atoms with Gasteiger partial charge in [0.25, 0.3) is 0 Å². The number of rotatable bonds is 2. The molecule has 2 heteroatoms. The quantitative estimate of drug-likeness (QED) is 0.834. The molecule has 2 heterocycles. The van der Waals surface area contributed by atoms with Crippen LogP contribution in [0.5, 0.6) is 0 Å². The van der Waals surface area contributed by atoms with E-state index < -0.39 is 0 Å². The maximum atomic E-state index is 3.55. The molecule has 1 fully saturated rings. The van der Waals surface area contributed by atoms with Crippen molar-refractivity contribution in [2.75, 3.05) is 25.0 Å². The highest BCUT2D eigenvalue weighted by atomic mass is 14.9. The van der Waals surface area contributed by atoms with Gasteiger partial charge in [-0.05, 0) is 55.0 Å². The summed E-state index contributed by atoms with van der Waals surface area (Å²) in [5.41, 5.74) is 3.17. The van der Waals surface area contributed by atoms with Crippen molar-refractivity contribution in [2.45, 2.75) is 32.6 Å². The van der Waals surface area contributed by atoms with Crippen LogP contribution in [-0.4, -0.2) is 19.6 Å². The average Bonchev–Trinajstić information content (AvgIpc) is 2.84. The normalized spacial score (nSPS) is 24.7. The molecule has 0 bridgehead atoms. The molecule has 1 unspecified atom stereocenters. The Bertz CT molecular complexity index is 419. The fourth-order valence-electron chi connectivity index (χ4n) is 3.74. The van der Waals surface area contributed by atoms with E-state index in [9.17, 15) is 0 Å². The average molecular weight is 243 g/mol. The first-order valence-electron chi connectivity index (χ1n) is 7.14. The van der Waals surface area contributed by atoms with Crippen LogP contribution in [0.3, 0.4) is 0 Å². The number of nitrogens with one attached hydrogen (secondary N) is 2. The van der Waals surface area contributed by atoms with Gasteiger partial charge < -0.3 is 10.6 Å². The molecule has 3 rings (SSSR count). The Labute approximate surface area is 110 Å². The molecule has 0 aromatic heterocycles. The zero-order valence-corrected chi connectivity index (χ0v) is 11.4. The highest BCUT2D eigenvalue weighted by Crippen LogP contribution is 2.49. The van der Waals surface area contributed by atoms with Gasteiger partial charge in [-0.15, -0.1) is 0 Å². The van der Waals surface area contributed by atoms with E-state index in [0.29, 0.717) is 11.3 Å². The van der Waals surface area contributed by atoms with Crippen LogP contribution < -0.4 is 10.6 Å². The maximum absolute atomic E-state index is 3.55. The van der Waals surface area contributed by atoms with Crippen molar-refractivity contribution >= 4 is 5.69 Å². The first-order valence-corrected chi connectivity index (χ1v) is 7.14. The van der Waals surface area contributed by atoms with E-state index in [1.54, 1.807) is 0 Å². The van der Waals surface area contributed by atoms with E-state index >= 15 is 0 Å². The summed E-state index contributed by atoms with van der Waals surface area (Å²) in [5, 5.41) is 7.02. The second kappa shape index (κ2) is 4.58. The molecule has 2 aliphatic heterocycles. The highest BCUT2D eigenvalue weighted by molar-refractivity contribution is 5.58. The van der Waals surface area contributed by atoms with E-state index in [0.717, 1.165) is 12.5 Å². The van der Waals surface area contributed by atoms with Crippen LogP contribution in [0.25, 0.3) is 0 Å². The Morgan fingerprint density at radius 1 is 1.28 bits per heavy atom. The van der Waals surface area contributed by atoms with Crippen LogP contribution in [0.15, 0.2) is 18.2 Å². The number of piperidine rings is 1. The SMILES string of the molecule is CC(C)(C1CCNCC1)C1CNc2c[c]ccc21. The molecule has 0 aliphatic carbocycles. The minimum Gasteiger partial charge on any atom is -0.384 e. The summed E-state index contributed by atoms with van der Waals surface area (Å²) in [6, 6.07) is 9.57. The van der Waals surface area contributed by atoms with E-state index in [1.165, 1.54) is 37.2 Å². The molecule has 2 N–H and O–H groups in total. The molecule has 1 radical (unpaired) electrons. The van der Waals surface area contributed by atoms with Crippen LogP contribution in [0.2, 0.25) is 0 Å². The largest absolute Gasteiger partial charge is 0.384 e. The summed E-state index contributed by atoms with van der Waals surface area (Å²) in [7, 11) is 0. The first kappa shape index (κ1) is 12.0. The molecule has 1 atom stereocenters. The van der Waals surface area contributed by atoms with E-state index in [2.05, 4.69) is 48.7 Å². The second-order valence-electron chi connectivity index (χ2n) is 6.29. The van der Waals surface area contributed by atoms with Gasteiger partial charge in [0.15, 0.2) is 0 Å². The van der Waals surface area contributed by atoms with Crippen molar-refractivity contribution in [1.82, 2.24) is 5.32 Å². The Morgan fingerprint density at radius 3 is 2.83 bits per heavy atom. The third kappa shape index (κ3) is 1.93. The number of hydrogen-bond donors (Lipinski definition) is 2. The highest BCUT2D eigenvalue weighted by Gasteiger charge is 2.41. The molecule has 2 nitrogen and oxygen atoms in total. The van der Waals surface area contributed by atoms with Gasteiger partial charge in [-0.25, -0.2) is 0 Å². The summed E-state index contributed by atoms with van der Waals surface area (Å²) in [6.07, 6.45) is 2.63. The van der Waals surface area contributed by atoms with Gasteiger partial charge in [0.1, 0.15) is 0 Å². The fourth-order valence-corrected chi connectivity index (χ4v) is 3.74. The summed E-state index contributed by atoms with van der Waals surface area (Å²) in [5.74, 6) is 1.48. The fraction of sp³-hybridized carbons (Fsp3) is 0.625. The van der Waals surface area contributed by atoms with Crippen LogP contribution in [-0.2, 0) is 0 Å². The lowest BCUT2D eigenvalue weighted by molar-refractivity contribution is 0.136. The molecule has 18 heavy (non-hydrogen) atoms. The zero-order chi connectivity index (χ0) is 12.6. The number of hydrogen-bond acceptors (Lipinski definition) is 2. The lowest BCUT2D eigenvalue weighted by atomic mass is 9.65. The Kier molecular flexibility index (Phi) is 3.06. The third-order valence-electron chi connectivity index (χ3n) is 5.06. The molecule has 0 spiro atoms.